The lowest BCUT2D eigenvalue weighted by Crippen LogP contribution is -2.05. The molecule has 0 saturated heterocycles. The molecule has 0 saturated carbocycles. The standard InChI is InChI=1S/C116H66N8O2/c1-2-21-67(22-3-1)72-32-20-33-81(57-72)111-118-114(122-116(119-111)109-99(54-56-103-106(109)92-38-17-19-40-102(92)125-103)124-101-65-77-30-10-7-27-74(77)61-95(101)90-50-47-69-24-12-13-34-86(69)110(90)124)91-52-51-84(87-35-14-15-36-88(87)91)80-45-43-70-42-44-79-59-83(48-49-85(79)93(70)63-80)113-117-112(82-46-41-68-23-4-5-25-71(68)58-82)120-115(121-113)108-98(53-55-104-107(108)96-62-75-28-8-11-31-78(75)66-105(96)126-104)123-97-39-18-16-37-89(97)94-60-73-26-6-9-29-76(73)64-100(94)123/h1-66H. The first-order chi connectivity index (χ1) is 62.4. The average molecular weight is 1600 g/mol. The maximum absolute atomic E-state index is 7.00. The van der Waals surface area contributed by atoms with Crippen molar-refractivity contribution in [1.29, 1.82) is 0 Å². The Balaban J connectivity index is 0.640. The summed E-state index contributed by atoms with van der Waals surface area (Å²) in [6.45, 7) is 0. The van der Waals surface area contributed by atoms with E-state index in [2.05, 4.69) is 397 Å². The van der Waals surface area contributed by atoms with E-state index in [1.165, 1.54) is 10.8 Å². The van der Waals surface area contributed by atoms with Gasteiger partial charge in [-0.1, -0.05) is 297 Å². The summed E-state index contributed by atoms with van der Waals surface area (Å²) in [6.07, 6.45) is 0. The van der Waals surface area contributed by atoms with E-state index in [-0.39, 0.29) is 0 Å². The van der Waals surface area contributed by atoms with Crippen LogP contribution in [0, 0.1) is 0 Å². The molecule has 21 aromatic carbocycles. The lowest BCUT2D eigenvalue weighted by atomic mass is 9.92. The van der Waals surface area contributed by atoms with Gasteiger partial charge in [-0.2, -0.15) is 0 Å². The van der Waals surface area contributed by atoms with Gasteiger partial charge in [-0.05, 0) is 206 Å². The number of fused-ring (bicyclic) bond motifs is 22. The summed E-state index contributed by atoms with van der Waals surface area (Å²) in [5, 5.41) is 26.1. The molecule has 0 aliphatic heterocycles. The summed E-state index contributed by atoms with van der Waals surface area (Å²) in [7, 11) is 0. The molecular formula is C116H66N8O2. The molecule has 0 aliphatic rings. The van der Waals surface area contributed by atoms with Crippen LogP contribution in [0.1, 0.15) is 0 Å². The molecule has 0 atom stereocenters. The van der Waals surface area contributed by atoms with Crippen molar-refractivity contribution in [2.75, 3.05) is 0 Å². The number of furan rings is 2. The van der Waals surface area contributed by atoms with Crippen molar-refractivity contribution in [3.8, 4) is 102 Å². The van der Waals surface area contributed by atoms with Crippen LogP contribution in [0.15, 0.2) is 409 Å². The van der Waals surface area contributed by atoms with Gasteiger partial charge in [0.2, 0.25) is 0 Å². The van der Waals surface area contributed by atoms with E-state index in [0.717, 1.165) is 230 Å². The minimum atomic E-state index is 0.510. The van der Waals surface area contributed by atoms with Gasteiger partial charge in [-0.15, -0.1) is 0 Å². The summed E-state index contributed by atoms with van der Waals surface area (Å²) in [6, 6.07) is 144. The molecule has 0 fully saturated rings. The van der Waals surface area contributed by atoms with E-state index in [9.17, 15) is 0 Å². The third-order valence-electron chi connectivity index (χ3n) is 26.1. The second-order valence-electron chi connectivity index (χ2n) is 33.1. The Morgan fingerprint density at radius 3 is 1.33 bits per heavy atom. The van der Waals surface area contributed by atoms with Gasteiger partial charge in [-0.25, -0.2) is 29.9 Å². The molecule has 0 radical (unpaired) electrons. The topological polar surface area (TPSA) is 113 Å². The molecule has 10 nitrogen and oxygen atoms in total. The second-order valence-corrected chi connectivity index (χ2v) is 33.1. The summed E-state index contributed by atoms with van der Waals surface area (Å²) >= 11 is 0. The van der Waals surface area contributed by atoms with Crippen LogP contribution in [-0.2, 0) is 0 Å². The SMILES string of the molecule is c1ccc(-c2cccc(-c3nc(-c4ccc(-c5ccc6ccc7cc(-c8nc(-c9ccc%10ccccc%10c9)nc(-c9c(-n%10c%11ccccc%11c%11cc%12ccccc%12cc%11%10)ccc%10oc%11cc%12ccccc%12cc%11c9%10)n8)ccc7c6c5)c5ccccc45)nc(-c4c(-n5c6cc7ccccc7cc6c6ccc7ccccc7c65)ccc5oc6ccccc6c45)n3)c2)cc1. The largest absolute Gasteiger partial charge is 0.456 e. The normalized spacial score (nSPS) is 12.1. The molecule has 27 rings (SSSR count). The van der Waals surface area contributed by atoms with Gasteiger partial charge < -0.3 is 18.0 Å². The van der Waals surface area contributed by atoms with E-state index < -0.39 is 0 Å². The summed E-state index contributed by atoms with van der Waals surface area (Å²) < 4.78 is 18.7. The third-order valence-corrected chi connectivity index (χ3v) is 26.1. The predicted octanol–water partition coefficient (Wildman–Crippen LogP) is 30.6. The highest BCUT2D eigenvalue weighted by atomic mass is 16.3. The molecule has 0 bridgehead atoms. The second kappa shape index (κ2) is 27.2. The number of hydrogen-bond donors (Lipinski definition) is 0. The van der Waals surface area contributed by atoms with Crippen molar-refractivity contribution in [3.05, 3.63) is 400 Å². The molecule has 10 heteroatoms. The summed E-state index contributed by atoms with van der Waals surface area (Å²) in [5.74, 6) is 3.19. The minimum absolute atomic E-state index is 0.510. The Morgan fingerprint density at radius 1 is 0.175 bits per heavy atom. The van der Waals surface area contributed by atoms with Crippen LogP contribution in [0.5, 0.6) is 0 Å². The van der Waals surface area contributed by atoms with Crippen molar-refractivity contribution < 1.29 is 8.83 Å². The van der Waals surface area contributed by atoms with Crippen molar-refractivity contribution in [2.24, 2.45) is 0 Å². The van der Waals surface area contributed by atoms with Crippen LogP contribution in [0.25, 0.3) is 276 Å². The van der Waals surface area contributed by atoms with Crippen molar-refractivity contribution in [2.45, 2.75) is 0 Å². The van der Waals surface area contributed by atoms with Crippen LogP contribution in [-0.4, -0.2) is 39.0 Å². The smallest absolute Gasteiger partial charge is 0.166 e. The highest BCUT2D eigenvalue weighted by molar-refractivity contribution is 6.24. The van der Waals surface area contributed by atoms with Gasteiger partial charge in [-0.3, -0.25) is 0 Å². The molecule has 6 heterocycles. The first kappa shape index (κ1) is 69.7. The van der Waals surface area contributed by atoms with Crippen molar-refractivity contribution in [1.82, 2.24) is 39.0 Å². The molecule has 0 N–H and O–H groups in total. The molecule has 0 unspecified atom stereocenters. The van der Waals surface area contributed by atoms with Gasteiger partial charge in [0, 0.05) is 70.7 Å². The average Bonchev–Trinajstić information content (AvgIpc) is 1.55. The first-order valence-electron chi connectivity index (χ1n) is 42.7. The number of nitrogens with zero attached hydrogens (tertiary/aromatic N) is 8. The van der Waals surface area contributed by atoms with E-state index in [1.807, 2.05) is 12.1 Å². The van der Waals surface area contributed by atoms with Gasteiger partial charge in [0.05, 0.1) is 44.6 Å². The quantitative estimate of drug-likeness (QED) is 0.124. The first-order valence-corrected chi connectivity index (χ1v) is 42.7. The fourth-order valence-electron chi connectivity index (χ4n) is 20.2. The Labute approximate surface area is 719 Å². The molecule has 126 heavy (non-hydrogen) atoms. The Hall–Kier alpha value is -17.1. The van der Waals surface area contributed by atoms with Crippen LogP contribution >= 0.6 is 0 Å². The van der Waals surface area contributed by atoms with E-state index >= 15 is 0 Å². The van der Waals surface area contributed by atoms with Crippen LogP contribution in [0.4, 0.5) is 0 Å². The fraction of sp³-hybridized carbons (Fsp3) is 0. The lowest BCUT2D eigenvalue weighted by Gasteiger charge is -2.17. The molecule has 0 aliphatic carbocycles. The summed E-state index contributed by atoms with van der Waals surface area (Å²) in [5.41, 5.74) is 18.5. The van der Waals surface area contributed by atoms with Crippen LogP contribution < -0.4 is 0 Å². The number of aromatic nitrogens is 8. The Bertz CT molecular complexity index is 9400. The molecular weight excluding hydrogens is 1540 g/mol. The van der Waals surface area contributed by atoms with Crippen LogP contribution in [0.3, 0.4) is 0 Å². The molecule has 27 aromatic rings. The highest BCUT2D eigenvalue weighted by Gasteiger charge is 2.30. The zero-order chi connectivity index (χ0) is 82.3. The van der Waals surface area contributed by atoms with Gasteiger partial charge in [0.25, 0.3) is 0 Å². The van der Waals surface area contributed by atoms with Crippen molar-refractivity contribution >= 4 is 174 Å². The van der Waals surface area contributed by atoms with Gasteiger partial charge >= 0.3 is 0 Å². The number of benzene rings is 21. The van der Waals surface area contributed by atoms with Crippen molar-refractivity contribution in [3.63, 3.8) is 0 Å². The molecule has 6 aromatic heterocycles. The fourth-order valence-corrected chi connectivity index (χ4v) is 20.2. The van der Waals surface area contributed by atoms with E-state index in [0.29, 0.717) is 34.9 Å². The van der Waals surface area contributed by atoms with Gasteiger partial charge in [0.1, 0.15) is 22.3 Å². The Morgan fingerprint density at radius 2 is 0.611 bits per heavy atom. The van der Waals surface area contributed by atoms with Gasteiger partial charge in [0.15, 0.2) is 34.9 Å². The Kier molecular flexibility index (Phi) is 15.1. The number of hydrogen-bond acceptors (Lipinski definition) is 8. The number of para-hydroxylation sites is 2. The zero-order valence-electron chi connectivity index (χ0n) is 67.5. The maximum atomic E-state index is 7.00. The molecule has 0 spiro atoms. The van der Waals surface area contributed by atoms with E-state index in [4.69, 9.17) is 38.7 Å². The molecule has 0 amide bonds. The highest BCUT2D eigenvalue weighted by Crippen LogP contribution is 2.50. The zero-order valence-corrected chi connectivity index (χ0v) is 67.5. The van der Waals surface area contributed by atoms with Crippen LogP contribution in [0.2, 0.25) is 0 Å². The number of rotatable bonds is 10. The lowest BCUT2D eigenvalue weighted by molar-refractivity contribution is 0.668. The molecule has 582 valence electrons. The maximum Gasteiger partial charge on any atom is 0.166 e. The third kappa shape index (κ3) is 10.8. The monoisotopic (exact) mass is 1600 g/mol. The predicted molar refractivity (Wildman–Crippen MR) is 520 cm³/mol. The minimum Gasteiger partial charge on any atom is -0.456 e. The summed E-state index contributed by atoms with van der Waals surface area (Å²) in [4.78, 5) is 34.2. The van der Waals surface area contributed by atoms with E-state index in [1.54, 1.807) is 0 Å².